The zero-order valence-electron chi connectivity index (χ0n) is 11.9. The Bertz CT molecular complexity index is 557. The van der Waals surface area contributed by atoms with Gasteiger partial charge in [0.15, 0.2) is 5.82 Å². The van der Waals surface area contributed by atoms with Crippen LogP contribution in [-0.2, 0) is 11.3 Å². The van der Waals surface area contributed by atoms with E-state index in [4.69, 9.17) is 4.74 Å². The van der Waals surface area contributed by atoms with Crippen LogP contribution in [0.5, 0.6) is 0 Å². The summed E-state index contributed by atoms with van der Waals surface area (Å²) in [6.07, 6.45) is 0. The van der Waals surface area contributed by atoms with Gasteiger partial charge in [0.2, 0.25) is 0 Å². The van der Waals surface area contributed by atoms with Gasteiger partial charge in [0.25, 0.3) is 0 Å². The molecular weight excluding hydrogens is 257 g/mol. The number of methoxy groups -OCH3 is 1. The van der Waals surface area contributed by atoms with Crippen LogP contribution in [0.25, 0.3) is 11.4 Å². The number of hydrogen-bond acceptors (Lipinski definition) is 4. The molecular formula is C15H18FN3O. The fourth-order valence-corrected chi connectivity index (χ4v) is 1.99. The van der Waals surface area contributed by atoms with Crippen LogP contribution in [0.15, 0.2) is 24.3 Å². The van der Waals surface area contributed by atoms with E-state index in [0.717, 1.165) is 17.8 Å². The maximum Gasteiger partial charge on any atom is 0.161 e. The Morgan fingerprint density at radius 1 is 1.20 bits per heavy atom. The minimum atomic E-state index is -0.286. The number of anilines is 1. The number of aryl methyl sites for hydroxylation is 1. The second-order valence-electron chi connectivity index (χ2n) is 4.55. The first kappa shape index (κ1) is 14.4. The Morgan fingerprint density at radius 2 is 2.00 bits per heavy atom. The highest BCUT2D eigenvalue weighted by atomic mass is 19.1. The fourth-order valence-electron chi connectivity index (χ4n) is 1.99. The highest BCUT2D eigenvalue weighted by Crippen LogP contribution is 2.21. The Morgan fingerprint density at radius 3 is 2.65 bits per heavy atom. The number of aromatic nitrogens is 2. The topological polar surface area (TPSA) is 47.0 Å². The molecule has 0 saturated carbocycles. The maximum absolute atomic E-state index is 13.5. The lowest BCUT2D eigenvalue weighted by Crippen LogP contribution is -2.05. The van der Waals surface area contributed by atoms with Gasteiger partial charge in [0.1, 0.15) is 11.6 Å². The Balaban J connectivity index is 2.48. The zero-order valence-corrected chi connectivity index (χ0v) is 11.9. The monoisotopic (exact) mass is 275 g/mol. The van der Waals surface area contributed by atoms with Gasteiger partial charge in [0.05, 0.1) is 12.3 Å². The highest BCUT2D eigenvalue weighted by Gasteiger charge is 2.08. The molecule has 0 aliphatic rings. The van der Waals surface area contributed by atoms with Crippen LogP contribution in [0.4, 0.5) is 10.2 Å². The fraction of sp³-hybridized carbons (Fsp3) is 0.333. The number of nitrogens with one attached hydrogen (secondary N) is 1. The van der Waals surface area contributed by atoms with Crippen molar-refractivity contribution in [2.45, 2.75) is 20.5 Å². The van der Waals surface area contributed by atoms with E-state index in [1.165, 1.54) is 12.1 Å². The molecule has 0 bridgehead atoms. The van der Waals surface area contributed by atoms with Crippen LogP contribution < -0.4 is 5.32 Å². The van der Waals surface area contributed by atoms with Crippen LogP contribution in [0.3, 0.4) is 0 Å². The lowest BCUT2D eigenvalue weighted by Gasteiger charge is -2.09. The van der Waals surface area contributed by atoms with E-state index in [-0.39, 0.29) is 5.82 Å². The van der Waals surface area contributed by atoms with Crippen LogP contribution in [0, 0.1) is 12.7 Å². The largest absolute Gasteiger partial charge is 0.378 e. The third kappa shape index (κ3) is 3.51. The summed E-state index contributed by atoms with van der Waals surface area (Å²) in [6, 6.07) is 6.62. The van der Waals surface area contributed by atoms with Crippen molar-refractivity contribution in [2.75, 3.05) is 19.0 Å². The van der Waals surface area contributed by atoms with E-state index in [1.807, 2.05) is 26.0 Å². The molecule has 20 heavy (non-hydrogen) atoms. The Hall–Kier alpha value is -2.01. The first-order valence-corrected chi connectivity index (χ1v) is 6.50. The van der Waals surface area contributed by atoms with Crippen LogP contribution in [0.2, 0.25) is 0 Å². The molecule has 106 valence electrons. The molecule has 0 atom stereocenters. The van der Waals surface area contributed by atoms with Crippen molar-refractivity contribution in [3.63, 3.8) is 0 Å². The first-order valence-electron chi connectivity index (χ1n) is 6.50. The van der Waals surface area contributed by atoms with Gasteiger partial charge in [-0.1, -0.05) is 0 Å². The molecule has 0 saturated heterocycles. The van der Waals surface area contributed by atoms with Gasteiger partial charge in [-0.05, 0) is 37.6 Å². The number of rotatable bonds is 5. The van der Waals surface area contributed by atoms with Gasteiger partial charge in [-0.15, -0.1) is 0 Å². The van der Waals surface area contributed by atoms with E-state index < -0.39 is 0 Å². The molecule has 0 aliphatic heterocycles. The van der Waals surface area contributed by atoms with Crippen molar-refractivity contribution in [1.82, 2.24) is 9.97 Å². The SMILES string of the molecule is CCNc1cc(COC)nc(-c2cc(C)cc(F)c2)n1. The van der Waals surface area contributed by atoms with E-state index in [1.54, 1.807) is 7.11 Å². The molecule has 2 aromatic rings. The lowest BCUT2D eigenvalue weighted by atomic mass is 10.1. The van der Waals surface area contributed by atoms with Crippen molar-refractivity contribution in [3.05, 3.63) is 41.3 Å². The molecule has 0 amide bonds. The molecule has 1 aromatic carbocycles. The van der Waals surface area contributed by atoms with Crippen LogP contribution >= 0.6 is 0 Å². The van der Waals surface area contributed by atoms with Crippen molar-refractivity contribution >= 4 is 5.82 Å². The lowest BCUT2D eigenvalue weighted by molar-refractivity contribution is 0.181. The molecule has 1 N–H and O–H groups in total. The van der Waals surface area contributed by atoms with Gasteiger partial charge < -0.3 is 10.1 Å². The summed E-state index contributed by atoms with van der Waals surface area (Å²) >= 11 is 0. The third-order valence-corrected chi connectivity index (χ3v) is 2.73. The van der Waals surface area contributed by atoms with Crippen molar-refractivity contribution in [3.8, 4) is 11.4 Å². The highest BCUT2D eigenvalue weighted by molar-refractivity contribution is 5.58. The summed E-state index contributed by atoms with van der Waals surface area (Å²) in [4.78, 5) is 8.83. The molecule has 1 aromatic heterocycles. The molecule has 5 heteroatoms. The second kappa shape index (κ2) is 6.43. The summed E-state index contributed by atoms with van der Waals surface area (Å²) in [5.74, 6) is 0.926. The molecule has 0 fully saturated rings. The van der Waals surface area contributed by atoms with Crippen molar-refractivity contribution in [2.24, 2.45) is 0 Å². The van der Waals surface area contributed by atoms with Gasteiger partial charge >= 0.3 is 0 Å². The number of nitrogens with zero attached hydrogens (tertiary/aromatic N) is 2. The Kier molecular flexibility index (Phi) is 4.63. The van der Waals surface area contributed by atoms with Gasteiger partial charge in [-0.3, -0.25) is 0 Å². The minimum Gasteiger partial charge on any atom is -0.378 e. The number of benzene rings is 1. The number of halogens is 1. The van der Waals surface area contributed by atoms with E-state index in [2.05, 4.69) is 15.3 Å². The summed E-state index contributed by atoms with van der Waals surface area (Å²) in [7, 11) is 1.61. The van der Waals surface area contributed by atoms with Gasteiger partial charge in [0, 0.05) is 25.3 Å². The van der Waals surface area contributed by atoms with Gasteiger partial charge in [-0.2, -0.15) is 0 Å². The van der Waals surface area contributed by atoms with Crippen LogP contribution in [-0.4, -0.2) is 23.6 Å². The summed E-state index contributed by atoms with van der Waals surface area (Å²) < 4.78 is 18.6. The van der Waals surface area contributed by atoms with Crippen LogP contribution in [0.1, 0.15) is 18.2 Å². The minimum absolute atomic E-state index is 0.286. The number of hydrogen-bond donors (Lipinski definition) is 1. The second-order valence-corrected chi connectivity index (χ2v) is 4.55. The van der Waals surface area contributed by atoms with E-state index in [9.17, 15) is 4.39 Å². The van der Waals surface area contributed by atoms with Crippen molar-refractivity contribution in [1.29, 1.82) is 0 Å². The summed E-state index contributed by atoms with van der Waals surface area (Å²) in [5, 5.41) is 3.15. The predicted octanol–water partition coefficient (Wildman–Crippen LogP) is 3.17. The summed E-state index contributed by atoms with van der Waals surface area (Å²) in [6.45, 7) is 4.98. The molecule has 0 spiro atoms. The van der Waals surface area contributed by atoms with E-state index in [0.29, 0.717) is 23.8 Å². The maximum atomic E-state index is 13.5. The normalized spacial score (nSPS) is 10.6. The van der Waals surface area contributed by atoms with Crippen molar-refractivity contribution < 1.29 is 9.13 Å². The zero-order chi connectivity index (χ0) is 14.5. The molecule has 2 rings (SSSR count). The van der Waals surface area contributed by atoms with Gasteiger partial charge in [-0.25, -0.2) is 14.4 Å². The first-order chi connectivity index (χ1) is 9.62. The standard InChI is InChI=1S/C15H18FN3O/c1-4-17-14-8-13(9-20-3)18-15(19-14)11-5-10(2)6-12(16)7-11/h5-8H,4,9H2,1-3H3,(H,17,18,19). The van der Waals surface area contributed by atoms with E-state index >= 15 is 0 Å². The third-order valence-electron chi connectivity index (χ3n) is 2.73. The number of ether oxygens (including phenoxy) is 1. The molecule has 0 unspecified atom stereocenters. The summed E-state index contributed by atoms with van der Waals surface area (Å²) in [5.41, 5.74) is 2.26. The predicted molar refractivity (Wildman–Crippen MR) is 77.0 cm³/mol. The average Bonchev–Trinajstić information content (AvgIpc) is 2.38. The average molecular weight is 275 g/mol. The molecule has 4 nitrogen and oxygen atoms in total. The molecule has 0 aliphatic carbocycles. The molecule has 1 heterocycles. The molecule has 0 radical (unpaired) electrons. The Labute approximate surface area is 118 Å². The quantitative estimate of drug-likeness (QED) is 0.910. The smallest absolute Gasteiger partial charge is 0.161 e.